The third-order valence-corrected chi connectivity index (χ3v) is 5.92. The summed E-state index contributed by atoms with van der Waals surface area (Å²) >= 11 is 5.06. The molecule has 4 aromatic rings. The number of rotatable bonds is 7. The number of benzene rings is 2. The third kappa shape index (κ3) is 4.83. The van der Waals surface area contributed by atoms with Crippen LogP contribution in [0.25, 0.3) is 5.69 Å². The van der Waals surface area contributed by atoms with E-state index in [0.29, 0.717) is 5.82 Å². The van der Waals surface area contributed by atoms with Gasteiger partial charge in [-0.3, -0.25) is 9.36 Å². The topological polar surface area (TPSA) is 73.0 Å². The molecule has 0 saturated carbocycles. The van der Waals surface area contributed by atoms with E-state index in [0.717, 1.165) is 26.6 Å². The molecule has 152 valence electrons. The number of furan rings is 1. The van der Waals surface area contributed by atoms with E-state index in [-0.39, 0.29) is 18.2 Å². The van der Waals surface area contributed by atoms with E-state index in [4.69, 9.17) is 4.42 Å². The maximum Gasteiger partial charge on any atom is 0.287 e. The molecular weight excluding hydrogens is 464 g/mol. The summed E-state index contributed by atoms with van der Waals surface area (Å²) < 4.78 is 8.19. The molecule has 0 aliphatic rings. The van der Waals surface area contributed by atoms with Gasteiger partial charge in [-0.25, -0.2) is 0 Å². The van der Waals surface area contributed by atoms with Crippen LogP contribution in [0.3, 0.4) is 0 Å². The smallest absolute Gasteiger partial charge is 0.287 e. The van der Waals surface area contributed by atoms with Crippen LogP contribution in [0.15, 0.2) is 81.0 Å². The Kier molecular flexibility index (Phi) is 6.35. The predicted molar refractivity (Wildman–Crippen MR) is 120 cm³/mol. The molecule has 2 aromatic heterocycles. The van der Waals surface area contributed by atoms with E-state index < -0.39 is 0 Å². The van der Waals surface area contributed by atoms with Crippen LogP contribution in [0.5, 0.6) is 0 Å². The van der Waals surface area contributed by atoms with Crippen LogP contribution in [-0.2, 0) is 12.3 Å². The Balaban J connectivity index is 1.58. The summed E-state index contributed by atoms with van der Waals surface area (Å²) in [6, 6.07) is 19.6. The van der Waals surface area contributed by atoms with Gasteiger partial charge in [0.05, 0.1) is 12.8 Å². The lowest BCUT2D eigenvalue weighted by atomic mass is 10.2. The van der Waals surface area contributed by atoms with E-state index in [1.54, 1.807) is 23.9 Å². The summed E-state index contributed by atoms with van der Waals surface area (Å²) in [5.74, 6) is 1.39. The molecule has 0 fully saturated rings. The first-order valence-corrected chi connectivity index (χ1v) is 11.1. The molecule has 0 atom stereocenters. The van der Waals surface area contributed by atoms with Crippen molar-refractivity contribution < 1.29 is 9.21 Å². The zero-order valence-corrected chi connectivity index (χ0v) is 18.6. The van der Waals surface area contributed by atoms with Crippen molar-refractivity contribution in [2.75, 3.05) is 0 Å². The fourth-order valence-electron chi connectivity index (χ4n) is 2.92. The lowest BCUT2D eigenvalue weighted by molar-refractivity contribution is 0.0922. The van der Waals surface area contributed by atoms with Gasteiger partial charge in [-0.15, -0.1) is 10.2 Å². The van der Waals surface area contributed by atoms with Gasteiger partial charge in [-0.05, 0) is 54.4 Å². The Morgan fingerprint density at radius 3 is 2.70 bits per heavy atom. The Bertz CT molecular complexity index is 1140. The molecular formula is C22H19BrN4O2S. The summed E-state index contributed by atoms with van der Waals surface area (Å²) in [7, 11) is 0. The normalized spacial score (nSPS) is 10.9. The van der Waals surface area contributed by atoms with Crippen LogP contribution in [0.2, 0.25) is 0 Å². The van der Waals surface area contributed by atoms with Crippen molar-refractivity contribution in [3.63, 3.8) is 0 Å². The number of carbonyl (C=O) groups excluding carboxylic acids is 1. The Morgan fingerprint density at radius 1 is 1.13 bits per heavy atom. The molecule has 1 amide bonds. The molecule has 4 rings (SSSR count). The van der Waals surface area contributed by atoms with Gasteiger partial charge in [0.25, 0.3) is 5.91 Å². The molecule has 0 radical (unpaired) electrons. The number of hydrogen-bond donors (Lipinski definition) is 1. The largest absolute Gasteiger partial charge is 0.459 e. The maximum atomic E-state index is 12.3. The van der Waals surface area contributed by atoms with Gasteiger partial charge in [0, 0.05) is 15.9 Å². The summed E-state index contributed by atoms with van der Waals surface area (Å²) in [6.45, 7) is 2.28. The fraction of sp³-hybridized carbons (Fsp3) is 0.136. The second-order valence-electron chi connectivity index (χ2n) is 6.65. The molecule has 0 bridgehead atoms. The van der Waals surface area contributed by atoms with Crippen LogP contribution in [0.4, 0.5) is 0 Å². The average molecular weight is 483 g/mol. The predicted octanol–water partition coefficient (Wildman–Crippen LogP) is 5.15. The zero-order chi connectivity index (χ0) is 20.9. The summed E-state index contributed by atoms with van der Waals surface area (Å²) in [5, 5.41) is 12.3. The molecule has 0 spiro atoms. The average Bonchev–Trinajstić information content (AvgIpc) is 3.42. The minimum atomic E-state index is -0.289. The number of amides is 1. The Labute approximate surface area is 186 Å². The SMILES string of the molecule is Cc1cccc(-n2c(CNC(=O)c3ccco3)nnc2SCc2ccc(Br)cc2)c1. The number of aryl methyl sites for hydroxylation is 1. The monoisotopic (exact) mass is 482 g/mol. The van der Waals surface area contributed by atoms with Gasteiger partial charge in [0.2, 0.25) is 0 Å². The first kappa shape index (κ1) is 20.4. The van der Waals surface area contributed by atoms with Crippen molar-refractivity contribution in [3.8, 4) is 5.69 Å². The van der Waals surface area contributed by atoms with Crippen molar-refractivity contribution in [3.05, 3.63) is 94.1 Å². The Morgan fingerprint density at radius 2 is 1.97 bits per heavy atom. The van der Waals surface area contributed by atoms with Gasteiger partial charge in [0.15, 0.2) is 16.7 Å². The maximum absolute atomic E-state index is 12.3. The second kappa shape index (κ2) is 9.32. The van der Waals surface area contributed by atoms with E-state index in [1.165, 1.54) is 11.8 Å². The van der Waals surface area contributed by atoms with Crippen LogP contribution >= 0.6 is 27.7 Å². The Hall–Kier alpha value is -2.84. The van der Waals surface area contributed by atoms with Crippen LogP contribution in [-0.4, -0.2) is 20.7 Å². The molecule has 0 aliphatic carbocycles. The number of halogens is 1. The molecule has 1 N–H and O–H groups in total. The number of aromatic nitrogens is 3. The molecule has 0 saturated heterocycles. The van der Waals surface area contributed by atoms with Crippen molar-refractivity contribution in [1.29, 1.82) is 0 Å². The van der Waals surface area contributed by atoms with Crippen LogP contribution in [0.1, 0.15) is 27.5 Å². The number of nitrogens with one attached hydrogen (secondary N) is 1. The first-order valence-electron chi connectivity index (χ1n) is 9.30. The third-order valence-electron chi connectivity index (χ3n) is 4.39. The van der Waals surface area contributed by atoms with Crippen molar-refractivity contribution >= 4 is 33.6 Å². The van der Waals surface area contributed by atoms with E-state index in [2.05, 4.69) is 49.6 Å². The quantitative estimate of drug-likeness (QED) is 0.368. The van der Waals surface area contributed by atoms with Crippen molar-refractivity contribution in [1.82, 2.24) is 20.1 Å². The summed E-state index contributed by atoms with van der Waals surface area (Å²) in [6.07, 6.45) is 1.47. The van der Waals surface area contributed by atoms with Gasteiger partial charge in [0.1, 0.15) is 0 Å². The molecule has 2 heterocycles. The molecule has 8 heteroatoms. The van der Waals surface area contributed by atoms with Gasteiger partial charge < -0.3 is 9.73 Å². The highest BCUT2D eigenvalue weighted by atomic mass is 79.9. The lowest BCUT2D eigenvalue weighted by Gasteiger charge is -2.11. The van der Waals surface area contributed by atoms with Gasteiger partial charge in [-0.1, -0.05) is 52.0 Å². The lowest BCUT2D eigenvalue weighted by Crippen LogP contribution is -2.24. The molecule has 6 nitrogen and oxygen atoms in total. The fourth-order valence-corrected chi connectivity index (χ4v) is 4.11. The van der Waals surface area contributed by atoms with Crippen LogP contribution in [0, 0.1) is 6.92 Å². The molecule has 2 aromatic carbocycles. The van der Waals surface area contributed by atoms with Crippen molar-refractivity contribution in [2.24, 2.45) is 0 Å². The minimum absolute atomic E-state index is 0.235. The highest BCUT2D eigenvalue weighted by Gasteiger charge is 2.17. The molecule has 30 heavy (non-hydrogen) atoms. The van der Waals surface area contributed by atoms with E-state index in [1.807, 2.05) is 41.8 Å². The van der Waals surface area contributed by atoms with E-state index in [9.17, 15) is 4.79 Å². The minimum Gasteiger partial charge on any atom is -0.459 e. The van der Waals surface area contributed by atoms with Crippen LogP contribution < -0.4 is 5.32 Å². The second-order valence-corrected chi connectivity index (χ2v) is 8.51. The van der Waals surface area contributed by atoms with E-state index >= 15 is 0 Å². The molecule has 0 aliphatic heterocycles. The molecule has 0 unspecified atom stereocenters. The van der Waals surface area contributed by atoms with Crippen molar-refractivity contribution in [2.45, 2.75) is 24.4 Å². The zero-order valence-electron chi connectivity index (χ0n) is 16.2. The number of nitrogens with zero attached hydrogens (tertiary/aromatic N) is 3. The highest BCUT2D eigenvalue weighted by Crippen LogP contribution is 2.26. The highest BCUT2D eigenvalue weighted by molar-refractivity contribution is 9.10. The number of carbonyl (C=O) groups is 1. The number of hydrogen-bond acceptors (Lipinski definition) is 5. The summed E-state index contributed by atoms with van der Waals surface area (Å²) in [4.78, 5) is 12.3. The van der Waals surface area contributed by atoms with Gasteiger partial charge >= 0.3 is 0 Å². The standard InChI is InChI=1S/C22H19BrN4O2S/c1-15-4-2-5-18(12-15)27-20(13-24-21(28)19-6-3-11-29-19)25-26-22(27)30-14-16-7-9-17(23)10-8-16/h2-12H,13-14H2,1H3,(H,24,28). The first-order chi connectivity index (χ1) is 14.6. The summed E-state index contributed by atoms with van der Waals surface area (Å²) in [5.41, 5.74) is 3.28. The number of thioether (sulfide) groups is 1. The van der Waals surface area contributed by atoms with Gasteiger partial charge in [-0.2, -0.15) is 0 Å².